The van der Waals surface area contributed by atoms with Crippen molar-refractivity contribution in [2.45, 2.75) is 32.2 Å². The highest BCUT2D eigenvalue weighted by Crippen LogP contribution is 2.01. The molecule has 21 heavy (non-hydrogen) atoms. The highest BCUT2D eigenvalue weighted by atomic mass is 16.7. The number of rotatable bonds is 10. The monoisotopic (exact) mass is 291 g/mol. The van der Waals surface area contributed by atoms with Gasteiger partial charge in [0, 0.05) is 6.54 Å². The van der Waals surface area contributed by atoms with Crippen LogP contribution in [0.3, 0.4) is 0 Å². The number of carbonyl (C=O) groups is 1. The highest BCUT2D eigenvalue weighted by molar-refractivity contribution is 5.59. The Labute approximate surface area is 127 Å². The van der Waals surface area contributed by atoms with Gasteiger partial charge in [0.2, 0.25) is 0 Å². The molecule has 0 saturated heterocycles. The van der Waals surface area contributed by atoms with Gasteiger partial charge in [0.05, 0.1) is 7.11 Å². The van der Waals surface area contributed by atoms with Crippen LogP contribution >= 0.6 is 0 Å². The van der Waals surface area contributed by atoms with Gasteiger partial charge in [0.15, 0.2) is 0 Å². The largest absolute Gasteiger partial charge is 0.508 e. The molecule has 0 spiro atoms. The van der Waals surface area contributed by atoms with Gasteiger partial charge in [-0.15, -0.1) is 0 Å². The summed E-state index contributed by atoms with van der Waals surface area (Å²) in [6.45, 7) is 2.26. The van der Waals surface area contributed by atoms with Crippen LogP contribution in [0.5, 0.6) is 0 Å². The second kappa shape index (κ2) is 12.0. The Morgan fingerprint density at radius 1 is 1.14 bits per heavy atom. The molecular weight excluding hydrogens is 266 g/mol. The summed E-state index contributed by atoms with van der Waals surface area (Å²) < 4.78 is 9.10. The number of hydrogen-bond acceptors (Lipinski definition) is 4. The Hall–Kier alpha value is -1.81. The summed E-state index contributed by atoms with van der Waals surface area (Å²) in [6, 6.07) is 10.4. The van der Waals surface area contributed by atoms with Gasteiger partial charge in [-0.2, -0.15) is 0 Å². The van der Waals surface area contributed by atoms with Crippen molar-refractivity contribution in [3.63, 3.8) is 0 Å². The van der Waals surface area contributed by atoms with Crippen LogP contribution in [-0.4, -0.2) is 26.4 Å². The number of hydrogen-bond donors (Lipinski definition) is 1. The first-order valence-electron chi connectivity index (χ1n) is 7.43. The van der Waals surface area contributed by atoms with Crippen molar-refractivity contribution in [1.29, 1.82) is 0 Å². The van der Waals surface area contributed by atoms with E-state index in [1.807, 2.05) is 18.2 Å². The third-order valence-electron chi connectivity index (χ3n) is 3.03. The zero-order valence-corrected chi connectivity index (χ0v) is 12.7. The van der Waals surface area contributed by atoms with Crippen molar-refractivity contribution in [2.75, 3.05) is 20.3 Å². The molecule has 1 rings (SSSR count). The van der Waals surface area contributed by atoms with Crippen molar-refractivity contribution in [3.8, 4) is 0 Å². The zero-order chi connectivity index (χ0) is 15.2. The Balaban J connectivity index is 1.86. The first-order chi connectivity index (χ1) is 10.3. The predicted molar refractivity (Wildman–Crippen MR) is 84.1 cm³/mol. The number of allylic oxidation sites excluding steroid dienone is 1. The van der Waals surface area contributed by atoms with Crippen LogP contribution in [0.4, 0.5) is 4.79 Å². The van der Waals surface area contributed by atoms with E-state index in [9.17, 15) is 4.79 Å². The molecule has 0 aliphatic rings. The van der Waals surface area contributed by atoms with Gasteiger partial charge >= 0.3 is 6.16 Å². The summed E-state index contributed by atoms with van der Waals surface area (Å²) in [7, 11) is 1.30. The quantitative estimate of drug-likeness (QED) is 0.406. The first-order valence-corrected chi connectivity index (χ1v) is 7.43. The summed E-state index contributed by atoms with van der Waals surface area (Å²) in [5, 5.41) is 3.44. The van der Waals surface area contributed by atoms with Gasteiger partial charge in [-0.05, 0) is 31.4 Å². The maximum atomic E-state index is 10.7. The lowest BCUT2D eigenvalue weighted by molar-refractivity contribution is 0.0817. The van der Waals surface area contributed by atoms with Crippen LogP contribution in [0.25, 0.3) is 0 Å². The summed E-state index contributed by atoms with van der Waals surface area (Å²) in [5.74, 6) is 0. The molecule has 0 saturated carbocycles. The van der Waals surface area contributed by atoms with Gasteiger partial charge < -0.3 is 14.8 Å². The molecule has 0 amide bonds. The van der Waals surface area contributed by atoms with Crippen LogP contribution < -0.4 is 5.32 Å². The van der Waals surface area contributed by atoms with Crippen molar-refractivity contribution < 1.29 is 14.3 Å². The molecule has 0 radical (unpaired) electrons. The SMILES string of the molecule is COC(=O)OC/C=C/CCCCCNCc1ccccc1. The third kappa shape index (κ3) is 9.68. The molecule has 0 aromatic heterocycles. The third-order valence-corrected chi connectivity index (χ3v) is 3.03. The standard InChI is InChI=1S/C17H25NO3/c1-20-17(19)21-14-10-5-3-2-4-9-13-18-15-16-11-7-6-8-12-16/h5-8,10-12,18H,2-4,9,13-15H2,1H3/b10-5+. The second-order valence-corrected chi connectivity index (χ2v) is 4.75. The maximum Gasteiger partial charge on any atom is 0.508 e. The number of ether oxygens (including phenoxy) is 2. The van der Waals surface area contributed by atoms with E-state index >= 15 is 0 Å². The van der Waals surface area contributed by atoms with Crippen molar-refractivity contribution in [3.05, 3.63) is 48.0 Å². The van der Waals surface area contributed by atoms with Crippen LogP contribution in [-0.2, 0) is 16.0 Å². The molecule has 0 bridgehead atoms. The number of benzene rings is 1. The molecule has 0 fully saturated rings. The van der Waals surface area contributed by atoms with Gasteiger partial charge in [0.1, 0.15) is 6.61 Å². The molecular formula is C17H25NO3. The maximum absolute atomic E-state index is 10.7. The van der Waals surface area contributed by atoms with Crippen LogP contribution in [0.2, 0.25) is 0 Å². The van der Waals surface area contributed by atoms with Crippen LogP contribution in [0, 0.1) is 0 Å². The molecule has 1 aromatic rings. The molecule has 0 unspecified atom stereocenters. The average Bonchev–Trinajstić information content (AvgIpc) is 2.53. The smallest absolute Gasteiger partial charge is 0.438 e. The van der Waals surface area contributed by atoms with E-state index < -0.39 is 6.16 Å². The van der Waals surface area contributed by atoms with E-state index in [-0.39, 0.29) is 6.61 Å². The fourth-order valence-corrected chi connectivity index (χ4v) is 1.88. The van der Waals surface area contributed by atoms with Crippen molar-refractivity contribution in [2.24, 2.45) is 0 Å². The Morgan fingerprint density at radius 2 is 1.95 bits per heavy atom. The van der Waals surface area contributed by atoms with E-state index in [1.165, 1.54) is 25.5 Å². The normalized spacial score (nSPS) is 10.7. The molecule has 4 nitrogen and oxygen atoms in total. The van der Waals surface area contributed by atoms with Gasteiger partial charge in [-0.3, -0.25) is 0 Å². The molecule has 0 aliphatic carbocycles. The Kier molecular flexibility index (Phi) is 9.83. The fraction of sp³-hybridized carbons (Fsp3) is 0.471. The highest BCUT2D eigenvalue weighted by Gasteiger charge is 1.95. The molecule has 4 heteroatoms. The van der Waals surface area contributed by atoms with Crippen LogP contribution in [0.1, 0.15) is 31.2 Å². The summed E-state index contributed by atoms with van der Waals surface area (Å²) >= 11 is 0. The van der Waals surface area contributed by atoms with Gasteiger partial charge in [-0.25, -0.2) is 4.79 Å². The van der Waals surface area contributed by atoms with E-state index in [1.54, 1.807) is 0 Å². The van der Waals surface area contributed by atoms with Crippen molar-refractivity contribution in [1.82, 2.24) is 5.32 Å². The minimum atomic E-state index is -0.635. The lowest BCUT2D eigenvalue weighted by Crippen LogP contribution is -2.14. The fourth-order valence-electron chi connectivity index (χ4n) is 1.88. The molecule has 0 heterocycles. The number of nitrogens with one attached hydrogen (secondary N) is 1. The predicted octanol–water partition coefficient (Wildman–Crippen LogP) is 3.68. The van der Waals surface area contributed by atoms with E-state index in [0.29, 0.717) is 0 Å². The molecule has 1 N–H and O–H groups in total. The molecule has 116 valence electrons. The minimum Gasteiger partial charge on any atom is -0.438 e. The Morgan fingerprint density at radius 3 is 2.71 bits per heavy atom. The van der Waals surface area contributed by atoms with E-state index in [0.717, 1.165) is 25.9 Å². The lowest BCUT2D eigenvalue weighted by Gasteiger charge is -2.04. The molecule has 0 aliphatic heterocycles. The summed E-state index contributed by atoms with van der Waals surface area (Å²) in [6.07, 6.45) is 7.81. The van der Waals surface area contributed by atoms with Gasteiger partial charge in [0.25, 0.3) is 0 Å². The van der Waals surface area contributed by atoms with E-state index in [2.05, 4.69) is 34.3 Å². The second-order valence-electron chi connectivity index (χ2n) is 4.75. The topological polar surface area (TPSA) is 47.6 Å². The van der Waals surface area contributed by atoms with E-state index in [4.69, 9.17) is 4.74 Å². The average molecular weight is 291 g/mol. The first kappa shape index (κ1) is 17.2. The lowest BCUT2D eigenvalue weighted by atomic mass is 10.2. The Bertz CT molecular complexity index is 404. The molecule has 1 aromatic carbocycles. The number of carbonyl (C=O) groups excluding carboxylic acids is 1. The number of methoxy groups -OCH3 is 1. The summed E-state index contributed by atoms with van der Waals surface area (Å²) in [5.41, 5.74) is 1.33. The summed E-state index contributed by atoms with van der Waals surface area (Å²) in [4.78, 5) is 10.7. The number of unbranched alkanes of at least 4 members (excludes halogenated alkanes) is 3. The van der Waals surface area contributed by atoms with Crippen molar-refractivity contribution >= 4 is 6.16 Å². The van der Waals surface area contributed by atoms with Crippen LogP contribution in [0.15, 0.2) is 42.5 Å². The zero-order valence-electron chi connectivity index (χ0n) is 12.7. The minimum absolute atomic E-state index is 0.283. The van der Waals surface area contributed by atoms with Gasteiger partial charge in [-0.1, -0.05) is 48.9 Å². The molecule has 0 atom stereocenters.